The predicted molar refractivity (Wildman–Crippen MR) is 76.2 cm³/mol. The standard InChI is InChI=1S/C14H17NO8/c1-5-15-8(12(20)21)6(10(16)17)7(11(18)19)9(15)13(22)23-14(2,3)4/h5H2,1-4H3,(H,16,17)(H,18,19)(H,20,21). The Morgan fingerprint density at radius 2 is 1.35 bits per heavy atom. The monoisotopic (exact) mass is 327 g/mol. The van der Waals surface area contributed by atoms with E-state index in [0.717, 1.165) is 4.57 Å². The Kier molecular flexibility index (Phi) is 4.84. The van der Waals surface area contributed by atoms with Gasteiger partial charge in [-0.3, -0.25) is 0 Å². The van der Waals surface area contributed by atoms with Gasteiger partial charge in [0.1, 0.15) is 28.1 Å². The lowest BCUT2D eigenvalue weighted by Gasteiger charge is -2.20. The van der Waals surface area contributed by atoms with Crippen molar-refractivity contribution in [3.8, 4) is 0 Å². The Balaban J connectivity index is 3.84. The number of carbonyl (C=O) groups excluding carboxylic acids is 1. The number of esters is 1. The first kappa shape index (κ1) is 18.2. The van der Waals surface area contributed by atoms with Gasteiger partial charge in [-0.1, -0.05) is 0 Å². The van der Waals surface area contributed by atoms with Gasteiger partial charge in [0.25, 0.3) is 0 Å². The van der Waals surface area contributed by atoms with E-state index < -0.39 is 52.0 Å². The first-order valence-electron chi connectivity index (χ1n) is 6.62. The van der Waals surface area contributed by atoms with Crippen LogP contribution in [0.15, 0.2) is 0 Å². The van der Waals surface area contributed by atoms with E-state index in [-0.39, 0.29) is 6.54 Å². The molecule has 1 rings (SSSR count). The van der Waals surface area contributed by atoms with Crippen molar-refractivity contribution in [3.63, 3.8) is 0 Å². The van der Waals surface area contributed by atoms with Crippen molar-refractivity contribution in [2.75, 3.05) is 0 Å². The summed E-state index contributed by atoms with van der Waals surface area (Å²) in [6, 6.07) is 0. The van der Waals surface area contributed by atoms with Crippen LogP contribution < -0.4 is 0 Å². The van der Waals surface area contributed by atoms with Gasteiger partial charge in [-0.05, 0) is 27.7 Å². The summed E-state index contributed by atoms with van der Waals surface area (Å²) in [5, 5.41) is 27.7. The average molecular weight is 327 g/mol. The third-order valence-corrected chi connectivity index (χ3v) is 2.80. The molecular formula is C14H17NO8. The molecule has 0 bridgehead atoms. The number of carbonyl (C=O) groups is 4. The molecule has 126 valence electrons. The van der Waals surface area contributed by atoms with Gasteiger partial charge in [-0.15, -0.1) is 0 Å². The van der Waals surface area contributed by atoms with Crippen molar-refractivity contribution in [1.82, 2.24) is 4.57 Å². The number of hydrogen-bond donors (Lipinski definition) is 3. The second kappa shape index (κ2) is 6.11. The van der Waals surface area contributed by atoms with Crippen LogP contribution in [0.3, 0.4) is 0 Å². The van der Waals surface area contributed by atoms with Crippen molar-refractivity contribution in [3.05, 3.63) is 22.5 Å². The first-order valence-corrected chi connectivity index (χ1v) is 6.62. The smallest absolute Gasteiger partial charge is 0.356 e. The van der Waals surface area contributed by atoms with E-state index in [2.05, 4.69) is 0 Å². The quantitative estimate of drug-likeness (QED) is 0.691. The predicted octanol–water partition coefficient (Wildman–Crippen LogP) is 1.56. The Morgan fingerprint density at radius 3 is 1.65 bits per heavy atom. The molecule has 9 heteroatoms. The highest BCUT2D eigenvalue weighted by atomic mass is 16.6. The second-order valence-electron chi connectivity index (χ2n) is 5.61. The molecule has 9 nitrogen and oxygen atoms in total. The number of hydrogen-bond acceptors (Lipinski definition) is 5. The molecule has 1 aromatic heterocycles. The van der Waals surface area contributed by atoms with Gasteiger partial charge in [0.05, 0.1) is 0 Å². The molecule has 0 aromatic carbocycles. The SMILES string of the molecule is CCn1c(C(=O)O)c(C(=O)O)c(C(=O)O)c1C(=O)OC(C)(C)C. The molecule has 0 atom stereocenters. The summed E-state index contributed by atoms with van der Waals surface area (Å²) in [4.78, 5) is 46.4. The van der Waals surface area contributed by atoms with Crippen LogP contribution in [0.25, 0.3) is 0 Å². The lowest BCUT2D eigenvalue weighted by atomic mass is 10.1. The molecule has 1 aromatic rings. The molecule has 0 aliphatic rings. The molecule has 0 unspecified atom stereocenters. The number of carboxylic acid groups (broad SMARTS) is 3. The Morgan fingerprint density at radius 1 is 0.913 bits per heavy atom. The van der Waals surface area contributed by atoms with E-state index in [1.54, 1.807) is 20.8 Å². The molecule has 0 radical (unpaired) electrons. The summed E-state index contributed by atoms with van der Waals surface area (Å²) in [7, 11) is 0. The van der Waals surface area contributed by atoms with E-state index in [1.165, 1.54) is 6.92 Å². The fraction of sp³-hybridized carbons (Fsp3) is 0.429. The number of carboxylic acids is 3. The lowest BCUT2D eigenvalue weighted by molar-refractivity contribution is 0.00539. The van der Waals surface area contributed by atoms with Crippen molar-refractivity contribution in [2.24, 2.45) is 0 Å². The summed E-state index contributed by atoms with van der Waals surface area (Å²) < 4.78 is 5.90. The van der Waals surface area contributed by atoms with E-state index in [1.807, 2.05) is 0 Å². The van der Waals surface area contributed by atoms with E-state index in [4.69, 9.17) is 4.74 Å². The summed E-state index contributed by atoms with van der Waals surface area (Å²) in [6.07, 6.45) is 0. The minimum atomic E-state index is -1.75. The molecule has 0 fully saturated rings. The Labute approximate surface area is 131 Å². The number of ether oxygens (including phenoxy) is 1. The van der Waals surface area contributed by atoms with E-state index in [0.29, 0.717) is 0 Å². The van der Waals surface area contributed by atoms with Gasteiger partial charge in [-0.25, -0.2) is 19.2 Å². The highest BCUT2D eigenvalue weighted by molar-refractivity contribution is 6.14. The first-order chi connectivity index (χ1) is 10.4. The maximum atomic E-state index is 12.3. The highest BCUT2D eigenvalue weighted by Crippen LogP contribution is 2.26. The molecule has 3 N–H and O–H groups in total. The second-order valence-corrected chi connectivity index (χ2v) is 5.61. The fourth-order valence-electron chi connectivity index (χ4n) is 2.11. The Bertz CT molecular complexity index is 693. The van der Waals surface area contributed by atoms with Gasteiger partial charge in [0.15, 0.2) is 0 Å². The number of nitrogens with zero attached hydrogens (tertiary/aromatic N) is 1. The lowest BCUT2D eigenvalue weighted by Crippen LogP contribution is -2.27. The summed E-state index contributed by atoms with van der Waals surface area (Å²) >= 11 is 0. The zero-order valence-corrected chi connectivity index (χ0v) is 13.0. The largest absolute Gasteiger partial charge is 0.478 e. The van der Waals surface area contributed by atoms with E-state index in [9.17, 15) is 34.5 Å². The zero-order chi connectivity index (χ0) is 18.1. The maximum absolute atomic E-state index is 12.3. The van der Waals surface area contributed by atoms with Crippen molar-refractivity contribution in [2.45, 2.75) is 39.8 Å². The number of rotatable bonds is 5. The number of aromatic carboxylic acids is 3. The van der Waals surface area contributed by atoms with Crippen LogP contribution in [-0.2, 0) is 11.3 Å². The van der Waals surface area contributed by atoms with Gasteiger partial charge >= 0.3 is 23.9 Å². The van der Waals surface area contributed by atoms with Crippen molar-refractivity contribution >= 4 is 23.9 Å². The van der Waals surface area contributed by atoms with Gasteiger partial charge in [0.2, 0.25) is 0 Å². The molecular weight excluding hydrogens is 310 g/mol. The molecule has 23 heavy (non-hydrogen) atoms. The average Bonchev–Trinajstić information content (AvgIpc) is 2.71. The Hall–Kier alpha value is -2.84. The topological polar surface area (TPSA) is 143 Å². The van der Waals surface area contributed by atoms with Crippen molar-refractivity contribution < 1.29 is 39.2 Å². The molecule has 0 aliphatic carbocycles. The fourth-order valence-corrected chi connectivity index (χ4v) is 2.11. The summed E-state index contributed by atoms with van der Waals surface area (Å²) in [5.74, 6) is -6.23. The molecule has 0 saturated carbocycles. The third kappa shape index (κ3) is 3.50. The van der Waals surface area contributed by atoms with Gasteiger partial charge in [0, 0.05) is 6.54 Å². The van der Waals surface area contributed by atoms with Crippen LogP contribution in [-0.4, -0.2) is 49.4 Å². The zero-order valence-electron chi connectivity index (χ0n) is 13.0. The van der Waals surface area contributed by atoms with Gasteiger partial charge in [-0.2, -0.15) is 0 Å². The highest BCUT2D eigenvalue weighted by Gasteiger charge is 2.38. The van der Waals surface area contributed by atoms with Crippen LogP contribution in [0, 0.1) is 0 Å². The van der Waals surface area contributed by atoms with Crippen LogP contribution in [0.4, 0.5) is 0 Å². The summed E-state index contributed by atoms with van der Waals surface area (Å²) in [5.41, 5.74) is -4.20. The molecule has 0 aliphatic heterocycles. The summed E-state index contributed by atoms with van der Waals surface area (Å²) in [6.45, 7) is 5.96. The van der Waals surface area contributed by atoms with Crippen LogP contribution in [0.2, 0.25) is 0 Å². The normalized spacial score (nSPS) is 11.1. The molecule has 0 amide bonds. The third-order valence-electron chi connectivity index (χ3n) is 2.80. The van der Waals surface area contributed by atoms with Crippen LogP contribution in [0.5, 0.6) is 0 Å². The van der Waals surface area contributed by atoms with Gasteiger partial charge < -0.3 is 24.6 Å². The minimum absolute atomic E-state index is 0.121. The van der Waals surface area contributed by atoms with Crippen LogP contribution >= 0.6 is 0 Å². The minimum Gasteiger partial charge on any atom is -0.478 e. The molecule has 1 heterocycles. The van der Waals surface area contributed by atoms with E-state index >= 15 is 0 Å². The van der Waals surface area contributed by atoms with Crippen molar-refractivity contribution in [1.29, 1.82) is 0 Å². The molecule has 0 saturated heterocycles. The maximum Gasteiger partial charge on any atom is 0.356 e. The number of aromatic nitrogens is 1. The molecule has 0 spiro atoms. The van der Waals surface area contributed by atoms with Crippen LogP contribution in [0.1, 0.15) is 69.4 Å².